The Morgan fingerprint density at radius 2 is 2.06 bits per heavy atom. The van der Waals surface area contributed by atoms with Crippen LogP contribution in [0.15, 0.2) is 30.3 Å². The van der Waals surface area contributed by atoms with Gasteiger partial charge in [-0.15, -0.1) is 0 Å². The summed E-state index contributed by atoms with van der Waals surface area (Å²) in [5.74, 6) is 0. The zero-order chi connectivity index (χ0) is 12.8. The molecule has 1 atom stereocenters. The predicted octanol–water partition coefficient (Wildman–Crippen LogP) is 2.51. The van der Waals surface area contributed by atoms with Crippen LogP contribution in [0.1, 0.15) is 18.4 Å². The van der Waals surface area contributed by atoms with E-state index in [1.165, 1.54) is 5.56 Å². The number of nitrogens with zero attached hydrogens (tertiary/aromatic N) is 1. The molecule has 0 saturated carbocycles. The van der Waals surface area contributed by atoms with Crippen LogP contribution in [0, 0.1) is 0 Å². The van der Waals surface area contributed by atoms with Crippen molar-refractivity contribution in [3.05, 3.63) is 35.9 Å². The van der Waals surface area contributed by atoms with Crippen LogP contribution in [0.5, 0.6) is 0 Å². The number of halogens is 2. The molecule has 1 N–H and O–H groups in total. The van der Waals surface area contributed by atoms with E-state index in [4.69, 9.17) is 0 Å². The lowest BCUT2D eigenvalue weighted by Crippen LogP contribution is -2.40. The van der Waals surface area contributed by atoms with Crippen LogP contribution in [0.3, 0.4) is 0 Å². The summed E-state index contributed by atoms with van der Waals surface area (Å²) in [6.07, 6.45) is -1.25. The zero-order valence-corrected chi connectivity index (χ0v) is 10.5. The Morgan fingerprint density at radius 3 is 2.78 bits per heavy atom. The normalized spacial score (nSPS) is 22.1. The lowest BCUT2D eigenvalue weighted by molar-refractivity contribution is 0.0815. The molecule has 1 saturated heterocycles. The summed E-state index contributed by atoms with van der Waals surface area (Å²) in [5.41, 5.74) is 1.19. The van der Waals surface area contributed by atoms with Gasteiger partial charge in [0.25, 0.3) is 0 Å². The molecule has 0 amide bonds. The highest BCUT2D eigenvalue weighted by atomic mass is 19.3. The Morgan fingerprint density at radius 1 is 1.28 bits per heavy atom. The van der Waals surface area contributed by atoms with Crippen molar-refractivity contribution in [1.82, 2.24) is 10.2 Å². The molecule has 1 fully saturated rings. The van der Waals surface area contributed by atoms with E-state index in [1.54, 1.807) is 0 Å². The highest BCUT2D eigenvalue weighted by Crippen LogP contribution is 2.16. The maximum absolute atomic E-state index is 12.6. The van der Waals surface area contributed by atoms with Gasteiger partial charge in [0.1, 0.15) is 0 Å². The lowest BCUT2D eigenvalue weighted by Gasteiger charge is -2.29. The van der Waals surface area contributed by atoms with Gasteiger partial charge in [-0.05, 0) is 18.5 Å². The minimum atomic E-state index is -2.23. The van der Waals surface area contributed by atoms with Gasteiger partial charge in [-0.2, -0.15) is 0 Å². The monoisotopic (exact) mass is 254 g/mol. The van der Waals surface area contributed by atoms with Crippen LogP contribution in [-0.4, -0.2) is 37.0 Å². The third kappa shape index (κ3) is 4.03. The van der Waals surface area contributed by atoms with Gasteiger partial charge in [0.15, 0.2) is 0 Å². The van der Waals surface area contributed by atoms with E-state index >= 15 is 0 Å². The molecule has 2 rings (SSSR count). The SMILES string of the molecule is FC(F)CC1CNCCCN1Cc1ccccc1. The molecule has 0 radical (unpaired) electrons. The van der Waals surface area contributed by atoms with Crippen LogP contribution < -0.4 is 5.32 Å². The molecule has 1 aromatic rings. The van der Waals surface area contributed by atoms with Gasteiger partial charge in [-0.1, -0.05) is 30.3 Å². The molecule has 18 heavy (non-hydrogen) atoms. The van der Waals surface area contributed by atoms with E-state index in [9.17, 15) is 8.78 Å². The van der Waals surface area contributed by atoms with Crippen molar-refractivity contribution in [2.24, 2.45) is 0 Å². The summed E-state index contributed by atoms with van der Waals surface area (Å²) < 4.78 is 25.2. The largest absolute Gasteiger partial charge is 0.315 e. The maximum atomic E-state index is 12.6. The van der Waals surface area contributed by atoms with Gasteiger partial charge < -0.3 is 5.32 Å². The van der Waals surface area contributed by atoms with Gasteiger partial charge in [-0.25, -0.2) is 8.78 Å². The van der Waals surface area contributed by atoms with Crippen molar-refractivity contribution >= 4 is 0 Å². The summed E-state index contributed by atoms with van der Waals surface area (Å²) in [4.78, 5) is 2.18. The average molecular weight is 254 g/mol. The summed E-state index contributed by atoms with van der Waals surface area (Å²) >= 11 is 0. The van der Waals surface area contributed by atoms with Gasteiger partial charge >= 0.3 is 0 Å². The second-order valence-electron chi connectivity index (χ2n) is 4.79. The van der Waals surface area contributed by atoms with Crippen molar-refractivity contribution in [1.29, 1.82) is 0 Å². The molecule has 1 aliphatic heterocycles. The Hall–Kier alpha value is -1.00. The molecule has 0 bridgehead atoms. The molecule has 1 heterocycles. The molecule has 2 nitrogen and oxygen atoms in total. The first-order valence-electron chi connectivity index (χ1n) is 6.52. The zero-order valence-electron chi connectivity index (χ0n) is 10.5. The predicted molar refractivity (Wildman–Crippen MR) is 68.7 cm³/mol. The number of benzene rings is 1. The van der Waals surface area contributed by atoms with Gasteiger partial charge in [-0.3, -0.25) is 4.90 Å². The van der Waals surface area contributed by atoms with E-state index in [2.05, 4.69) is 22.3 Å². The van der Waals surface area contributed by atoms with Crippen LogP contribution in [-0.2, 0) is 6.54 Å². The molecule has 100 valence electrons. The number of nitrogens with one attached hydrogen (secondary N) is 1. The van der Waals surface area contributed by atoms with Crippen LogP contribution in [0.4, 0.5) is 8.78 Å². The fourth-order valence-corrected chi connectivity index (χ4v) is 2.45. The quantitative estimate of drug-likeness (QED) is 0.888. The second kappa shape index (κ2) is 6.81. The molecule has 0 aliphatic carbocycles. The molecular weight excluding hydrogens is 234 g/mol. The topological polar surface area (TPSA) is 15.3 Å². The van der Waals surface area contributed by atoms with E-state index in [-0.39, 0.29) is 12.5 Å². The van der Waals surface area contributed by atoms with Crippen molar-refractivity contribution in [2.75, 3.05) is 19.6 Å². The number of alkyl halides is 2. The van der Waals surface area contributed by atoms with Crippen molar-refractivity contribution in [3.8, 4) is 0 Å². The minimum absolute atomic E-state index is 0.0418. The lowest BCUT2D eigenvalue weighted by atomic mass is 10.1. The van der Waals surface area contributed by atoms with Gasteiger partial charge in [0.2, 0.25) is 6.43 Å². The average Bonchev–Trinajstić information content (AvgIpc) is 2.56. The van der Waals surface area contributed by atoms with Crippen LogP contribution in [0.2, 0.25) is 0 Å². The fraction of sp³-hybridized carbons (Fsp3) is 0.571. The Labute approximate surface area is 107 Å². The summed E-state index contributed by atoms with van der Waals surface area (Å²) in [6, 6.07) is 10.0. The first-order chi connectivity index (χ1) is 8.75. The standard InChI is InChI=1S/C14H20F2N2/c15-14(16)9-13-10-17-7-4-8-18(13)11-12-5-2-1-3-6-12/h1-3,5-6,13-14,17H,4,7-11H2. The second-order valence-corrected chi connectivity index (χ2v) is 4.79. The number of hydrogen-bond acceptors (Lipinski definition) is 2. The van der Waals surface area contributed by atoms with Crippen molar-refractivity contribution < 1.29 is 8.78 Å². The summed E-state index contributed by atoms with van der Waals surface area (Å²) in [5, 5.41) is 3.24. The Bertz CT molecular complexity index is 343. The Balaban J connectivity index is 2.01. The van der Waals surface area contributed by atoms with Crippen molar-refractivity contribution in [3.63, 3.8) is 0 Å². The third-order valence-corrected chi connectivity index (χ3v) is 3.37. The first-order valence-corrected chi connectivity index (χ1v) is 6.52. The van der Waals surface area contributed by atoms with E-state index < -0.39 is 6.43 Å². The maximum Gasteiger partial charge on any atom is 0.240 e. The molecule has 0 spiro atoms. The molecule has 1 aromatic carbocycles. The molecule has 1 unspecified atom stereocenters. The first kappa shape index (κ1) is 13.4. The van der Waals surface area contributed by atoms with E-state index in [0.717, 1.165) is 26.1 Å². The van der Waals surface area contributed by atoms with Crippen LogP contribution in [0.25, 0.3) is 0 Å². The third-order valence-electron chi connectivity index (χ3n) is 3.37. The number of hydrogen-bond donors (Lipinski definition) is 1. The highest BCUT2D eigenvalue weighted by Gasteiger charge is 2.23. The van der Waals surface area contributed by atoms with Gasteiger partial charge in [0, 0.05) is 32.1 Å². The molecular formula is C14H20F2N2. The summed E-state index contributed by atoms with van der Waals surface area (Å²) in [6.45, 7) is 3.24. The van der Waals surface area contributed by atoms with E-state index in [1.807, 2.05) is 18.2 Å². The molecule has 4 heteroatoms. The minimum Gasteiger partial charge on any atom is -0.315 e. The van der Waals surface area contributed by atoms with E-state index in [0.29, 0.717) is 6.54 Å². The van der Waals surface area contributed by atoms with Crippen LogP contribution >= 0.6 is 0 Å². The molecule has 1 aliphatic rings. The number of rotatable bonds is 4. The fourth-order valence-electron chi connectivity index (χ4n) is 2.45. The summed E-state index contributed by atoms with van der Waals surface area (Å²) in [7, 11) is 0. The Kier molecular flexibility index (Phi) is 5.08. The van der Waals surface area contributed by atoms with Crippen molar-refractivity contribution in [2.45, 2.75) is 31.9 Å². The smallest absolute Gasteiger partial charge is 0.240 e. The van der Waals surface area contributed by atoms with Gasteiger partial charge in [0.05, 0.1) is 0 Å². The highest BCUT2D eigenvalue weighted by molar-refractivity contribution is 5.14. The molecule has 0 aromatic heterocycles.